The van der Waals surface area contributed by atoms with Gasteiger partial charge in [-0.15, -0.1) is 0 Å². The third kappa shape index (κ3) is 3.35. The van der Waals surface area contributed by atoms with Gasteiger partial charge in [-0.2, -0.15) is 0 Å². The van der Waals surface area contributed by atoms with Crippen molar-refractivity contribution in [1.82, 2.24) is 5.32 Å². The van der Waals surface area contributed by atoms with Crippen molar-refractivity contribution in [3.05, 3.63) is 71.3 Å². The van der Waals surface area contributed by atoms with Gasteiger partial charge in [0.05, 0.1) is 0 Å². The standard InChI is InChI=1S/C15H15N3O2/c16-14(18-20)12-6-8-13(9-7-12)15(19)17-10-11-4-2-1-3-5-11/h1-9,20H,10H2,(H2,16,18)(H,17,19). The van der Waals surface area contributed by atoms with E-state index in [9.17, 15) is 4.79 Å². The lowest BCUT2D eigenvalue weighted by Crippen LogP contribution is -2.23. The first-order chi connectivity index (χ1) is 9.70. The van der Waals surface area contributed by atoms with Crippen LogP contribution in [0.2, 0.25) is 0 Å². The lowest BCUT2D eigenvalue weighted by molar-refractivity contribution is 0.0951. The molecule has 5 nitrogen and oxygen atoms in total. The van der Waals surface area contributed by atoms with Gasteiger partial charge in [0.1, 0.15) is 0 Å². The summed E-state index contributed by atoms with van der Waals surface area (Å²) in [7, 11) is 0. The minimum atomic E-state index is -0.167. The number of carbonyl (C=O) groups is 1. The number of carbonyl (C=O) groups excluding carboxylic acids is 1. The molecule has 0 radical (unpaired) electrons. The summed E-state index contributed by atoms with van der Waals surface area (Å²) in [4.78, 5) is 11.9. The van der Waals surface area contributed by atoms with Crippen molar-refractivity contribution in [2.45, 2.75) is 6.54 Å². The van der Waals surface area contributed by atoms with Gasteiger partial charge < -0.3 is 16.3 Å². The van der Waals surface area contributed by atoms with E-state index in [1.54, 1.807) is 24.3 Å². The summed E-state index contributed by atoms with van der Waals surface area (Å²) in [6.45, 7) is 0.474. The molecule has 102 valence electrons. The summed E-state index contributed by atoms with van der Waals surface area (Å²) in [5.74, 6) is -0.152. The first-order valence-corrected chi connectivity index (χ1v) is 6.11. The van der Waals surface area contributed by atoms with E-state index >= 15 is 0 Å². The first kappa shape index (κ1) is 13.6. The van der Waals surface area contributed by atoms with Crippen LogP contribution in [0.4, 0.5) is 0 Å². The number of hydrogen-bond donors (Lipinski definition) is 3. The summed E-state index contributed by atoms with van der Waals surface area (Å²) in [5.41, 5.74) is 7.58. The minimum absolute atomic E-state index is 0.0150. The number of nitrogens with zero attached hydrogens (tertiary/aromatic N) is 1. The summed E-state index contributed by atoms with van der Waals surface area (Å²) < 4.78 is 0. The van der Waals surface area contributed by atoms with E-state index in [1.165, 1.54) is 0 Å². The molecule has 2 aromatic carbocycles. The monoisotopic (exact) mass is 269 g/mol. The predicted octanol–water partition coefficient (Wildman–Crippen LogP) is 1.71. The molecule has 0 saturated carbocycles. The van der Waals surface area contributed by atoms with E-state index < -0.39 is 0 Å². The summed E-state index contributed by atoms with van der Waals surface area (Å²) in [6, 6.07) is 16.2. The van der Waals surface area contributed by atoms with Crippen LogP contribution in [-0.2, 0) is 6.54 Å². The molecule has 0 aromatic heterocycles. The Labute approximate surface area is 116 Å². The van der Waals surface area contributed by atoms with Crippen LogP contribution in [0.5, 0.6) is 0 Å². The van der Waals surface area contributed by atoms with E-state index in [0.717, 1.165) is 5.56 Å². The molecule has 0 aliphatic heterocycles. The normalized spacial score (nSPS) is 11.1. The molecule has 2 rings (SSSR count). The molecule has 0 spiro atoms. The number of nitrogens with one attached hydrogen (secondary N) is 1. The highest BCUT2D eigenvalue weighted by molar-refractivity contribution is 5.99. The van der Waals surface area contributed by atoms with Crippen LogP contribution in [-0.4, -0.2) is 17.0 Å². The molecular weight excluding hydrogens is 254 g/mol. The summed E-state index contributed by atoms with van der Waals surface area (Å²) in [5, 5.41) is 14.3. The molecule has 0 aliphatic rings. The molecule has 20 heavy (non-hydrogen) atoms. The molecule has 0 unspecified atom stereocenters. The van der Waals surface area contributed by atoms with E-state index in [0.29, 0.717) is 17.7 Å². The molecule has 0 aliphatic carbocycles. The third-order valence-corrected chi connectivity index (χ3v) is 2.85. The fourth-order valence-corrected chi connectivity index (χ4v) is 1.73. The smallest absolute Gasteiger partial charge is 0.251 e. The van der Waals surface area contributed by atoms with Crippen LogP contribution in [0.3, 0.4) is 0 Å². The Morgan fingerprint density at radius 3 is 2.25 bits per heavy atom. The fourth-order valence-electron chi connectivity index (χ4n) is 1.73. The Hall–Kier alpha value is -2.82. The second kappa shape index (κ2) is 6.38. The van der Waals surface area contributed by atoms with E-state index in [2.05, 4.69) is 10.5 Å². The van der Waals surface area contributed by atoms with Gasteiger partial charge in [0.25, 0.3) is 5.91 Å². The SMILES string of the molecule is N/C(=N\O)c1ccc(C(=O)NCc2ccccc2)cc1. The van der Waals surface area contributed by atoms with Gasteiger partial charge in [0.2, 0.25) is 0 Å². The van der Waals surface area contributed by atoms with Crippen LogP contribution < -0.4 is 11.1 Å². The number of hydrogen-bond acceptors (Lipinski definition) is 3. The Balaban J connectivity index is 1.99. The number of oxime groups is 1. The maximum absolute atomic E-state index is 11.9. The molecule has 5 heteroatoms. The molecule has 0 fully saturated rings. The molecule has 0 heterocycles. The van der Waals surface area contributed by atoms with Crippen molar-refractivity contribution in [2.75, 3.05) is 0 Å². The zero-order chi connectivity index (χ0) is 14.4. The maximum atomic E-state index is 11.9. The highest BCUT2D eigenvalue weighted by atomic mass is 16.4. The van der Waals surface area contributed by atoms with Gasteiger partial charge in [-0.3, -0.25) is 4.79 Å². The molecule has 0 saturated heterocycles. The second-order valence-electron chi connectivity index (χ2n) is 4.23. The zero-order valence-corrected chi connectivity index (χ0v) is 10.8. The third-order valence-electron chi connectivity index (χ3n) is 2.85. The average molecular weight is 269 g/mol. The largest absolute Gasteiger partial charge is 0.409 e. The Morgan fingerprint density at radius 1 is 1.05 bits per heavy atom. The van der Waals surface area contributed by atoms with E-state index in [4.69, 9.17) is 10.9 Å². The molecule has 4 N–H and O–H groups in total. The van der Waals surface area contributed by atoms with Gasteiger partial charge in [0, 0.05) is 17.7 Å². The summed E-state index contributed by atoms with van der Waals surface area (Å²) in [6.07, 6.45) is 0. The van der Waals surface area contributed by atoms with Crippen molar-refractivity contribution in [3.63, 3.8) is 0 Å². The lowest BCUT2D eigenvalue weighted by Gasteiger charge is -2.06. The highest BCUT2D eigenvalue weighted by Gasteiger charge is 2.06. The second-order valence-corrected chi connectivity index (χ2v) is 4.23. The molecule has 2 aromatic rings. The van der Waals surface area contributed by atoms with Crippen molar-refractivity contribution >= 4 is 11.7 Å². The van der Waals surface area contributed by atoms with Gasteiger partial charge in [-0.1, -0.05) is 47.6 Å². The summed E-state index contributed by atoms with van der Waals surface area (Å²) >= 11 is 0. The number of amides is 1. The Bertz CT molecular complexity index is 607. The number of amidine groups is 1. The van der Waals surface area contributed by atoms with Crippen LogP contribution in [0, 0.1) is 0 Å². The van der Waals surface area contributed by atoms with Gasteiger partial charge >= 0.3 is 0 Å². The highest BCUT2D eigenvalue weighted by Crippen LogP contribution is 2.05. The predicted molar refractivity (Wildman–Crippen MR) is 76.6 cm³/mol. The Kier molecular flexibility index (Phi) is 4.34. The van der Waals surface area contributed by atoms with Crippen LogP contribution in [0.15, 0.2) is 59.8 Å². The van der Waals surface area contributed by atoms with Crippen LogP contribution in [0.25, 0.3) is 0 Å². The molecule has 0 atom stereocenters. The molecular formula is C15H15N3O2. The molecule has 1 amide bonds. The topological polar surface area (TPSA) is 87.7 Å². The van der Waals surface area contributed by atoms with Crippen molar-refractivity contribution in [1.29, 1.82) is 0 Å². The zero-order valence-electron chi connectivity index (χ0n) is 10.8. The molecule has 0 bridgehead atoms. The number of nitrogens with two attached hydrogens (primary N) is 1. The van der Waals surface area contributed by atoms with Gasteiger partial charge in [0.15, 0.2) is 5.84 Å². The van der Waals surface area contributed by atoms with Gasteiger partial charge in [-0.05, 0) is 17.7 Å². The Morgan fingerprint density at radius 2 is 1.65 bits per heavy atom. The van der Waals surface area contributed by atoms with Crippen LogP contribution in [0.1, 0.15) is 21.5 Å². The maximum Gasteiger partial charge on any atom is 0.251 e. The lowest BCUT2D eigenvalue weighted by atomic mass is 10.1. The number of benzene rings is 2. The van der Waals surface area contributed by atoms with Crippen molar-refractivity contribution < 1.29 is 10.0 Å². The quantitative estimate of drug-likeness (QED) is 0.342. The van der Waals surface area contributed by atoms with Gasteiger partial charge in [-0.25, -0.2) is 0 Å². The first-order valence-electron chi connectivity index (χ1n) is 6.11. The van der Waals surface area contributed by atoms with E-state index in [1.807, 2.05) is 30.3 Å². The van der Waals surface area contributed by atoms with E-state index in [-0.39, 0.29) is 11.7 Å². The number of rotatable bonds is 4. The van der Waals surface area contributed by atoms with Crippen molar-refractivity contribution in [2.24, 2.45) is 10.9 Å². The van der Waals surface area contributed by atoms with Crippen LogP contribution >= 0.6 is 0 Å². The van der Waals surface area contributed by atoms with Crippen molar-refractivity contribution in [3.8, 4) is 0 Å². The average Bonchev–Trinajstić information content (AvgIpc) is 2.53. The minimum Gasteiger partial charge on any atom is -0.409 e. The fraction of sp³-hybridized carbons (Fsp3) is 0.0667.